The molecule has 4 aromatic rings. The minimum atomic E-state index is -0.0262. The van der Waals surface area contributed by atoms with Gasteiger partial charge in [-0.1, -0.05) is 49.3 Å². The van der Waals surface area contributed by atoms with Gasteiger partial charge in [-0.3, -0.25) is 9.89 Å². The summed E-state index contributed by atoms with van der Waals surface area (Å²) in [4.78, 5) is 26.3. The number of benzene rings is 1. The molecular formula is C25H31N7OS. The van der Waals surface area contributed by atoms with Gasteiger partial charge in [0.2, 0.25) is 0 Å². The van der Waals surface area contributed by atoms with E-state index < -0.39 is 0 Å². The van der Waals surface area contributed by atoms with Gasteiger partial charge in [0.05, 0.1) is 18.1 Å². The Balaban J connectivity index is 1.22. The molecular weight excluding hydrogens is 446 g/mol. The third kappa shape index (κ3) is 4.94. The highest BCUT2D eigenvalue weighted by molar-refractivity contribution is 7.17. The summed E-state index contributed by atoms with van der Waals surface area (Å²) in [6, 6.07) is 8.43. The quantitative estimate of drug-likeness (QED) is 0.336. The lowest BCUT2D eigenvalue weighted by molar-refractivity contribution is 0.0938. The van der Waals surface area contributed by atoms with Crippen LogP contribution >= 0.6 is 11.3 Å². The third-order valence-electron chi connectivity index (χ3n) is 6.50. The number of anilines is 2. The molecule has 1 aliphatic heterocycles. The van der Waals surface area contributed by atoms with Crippen molar-refractivity contribution in [2.45, 2.75) is 38.6 Å². The van der Waals surface area contributed by atoms with Crippen molar-refractivity contribution in [1.29, 1.82) is 0 Å². The normalized spacial score (nSPS) is 15.1. The number of piperazine rings is 1. The van der Waals surface area contributed by atoms with Crippen LogP contribution in [0.3, 0.4) is 0 Å². The molecule has 1 aromatic carbocycles. The Morgan fingerprint density at radius 3 is 2.76 bits per heavy atom. The summed E-state index contributed by atoms with van der Waals surface area (Å²) < 4.78 is 0. The van der Waals surface area contributed by atoms with E-state index in [1.54, 1.807) is 6.20 Å². The van der Waals surface area contributed by atoms with E-state index in [1.807, 2.05) is 18.5 Å². The van der Waals surface area contributed by atoms with Gasteiger partial charge in [-0.2, -0.15) is 5.10 Å². The smallest absolute Gasteiger partial charge is 0.263 e. The standard InChI is InChI=1S/C25H31N7OS/c1-2-3-6-19(13-18-14-26-22-8-5-4-7-21(18)22)30-24(33)23-17-27-25(34-23)32-11-9-31(10-12-32)20-15-28-29-16-20/h4-5,7-8,14-17,19,26H,2-3,6,9-13H2,1H3,(H,28,29)(H,30,33). The number of unbranched alkanes of at least 4 members (excludes halogenated alkanes) is 1. The number of aromatic amines is 2. The largest absolute Gasteiger partial charge is 0.365 e. The lowest BCUT2D eigenvalue weighted by Gasteiger charge is -2.35. The van der Waals surface area contributed by atoms with Crippen molar-refractivity contribution in [3.8, 4) is 0 Å². The van der Waals surface area contributed by atoms with Crippen LogP contribution in [0.15, 0.2) is 49.1 Å². The Labute approximate surface area is 203 Å². The monoisotopic (exact) mass is 477 g/mol. The van der Waals surface area contributed by atoms with Crippen LogP contribution in [0.1, 0.15) is 41.4 Å². The number of nitrogens with one attached hydrogen (secondary N) is 3. The number of rotatable bonds is 9. The second kappa shape index (κ2) is 10.3. The fraction of sp³-hybridized carbons (Fsp3) is 0.400. The SMILES string of the molecule is CCCCC(Cc1c[nH]c2ccccc12)NC(=O)c1cnc(N2CCN(c3cn[nH]c3)CC2)s1. The Morgan fingerprint density at radius 2 is 1.97 bits per heavy atom. The van der Waals surface area contributed by atoms with Gasteiger partial charge in [-0.05, 0) is 24.5 Å². The summed E-state index contributed by atoms with van der Waals surface area (Å²) in [6.45, 7) is 5.75. The number of carbonyl (C=O) groups excluding carboxylic acids is 1. The van der Waals surface area contributed by atoms with Gasteiger partial charge in [0.25, 0.3) is 5.91 Å². The first-order valence-electron chi connectivity index (χ1n) is 12.0. The van der Waals surface area contributed by atoms with Crippen LogP contribution in [0.4, 0.5) is 10.8 Å². The predicted molar refractivity (Wildman–Crippen MR) is 138 cm³/mol. The fourth-order valence-corrected chi connectivity index (χ4v) is 5.46. The average Bonchev–Trinajstić information content (AvgIpc) is 3.64. The number of amides is 1. The van der Waals surface area contributed by atoms with Gasteiger partial charge < -0.3 is 20.1 Å². The van der Waals surface area contributed by atoms with E-state index in [9.17, 15) is 4.79 Å². The van der Waals surface area contributed by atoms with E-state index in [0.29, 0.717) is 4.88 Å². The number of nitrogens with zero attached hydrogens (tertiary/aromatic N) is 4. The maximum Gasteiger partial charge on any atom is 0.263 e. The molecule has 0 radical (unpaired) electrons. The highest BCUT2D eigenvalue weighted by Crippen LogP contribution is 2.26. The number of fused-ring (bicyclic) bond motifs is 1. The molecule has 9 heteroatoms. The van der Waals surface area contributed by atoms with E-state index in [-0.39, 0.29) is 11.9 Å². The number of H-pyrrole nitrogens is 2. The molecule has 1 fully saturated rings. The van der Waals surface area contributed by atoms with E-state index >= 15 is 0 Å². The number of hydrogen-bond acceptors (Lipinski definition) is 6. The molecule has 1 aliphatic rings. The molecule has 178 valence electrons. The zero-order chi connectivity index (χ0) is 23.3. The van der Waals surface area contributed by atoms with Crippen molar-refractivity contribution in [3.63, 3.8) is 0 Å². The van der Waals surface area contributed by atoms with Crippen molar-refractivity contribution in [1.82, 2.24) is 25.5 Å². The van der Waals surface area contributed by atoms with Gasteiger partial charge in [-0.25, -0.2) is 4.98 Å². The molecule has 3 aromatic heterocycles. The molecule has 3 N–H and O–H groups in total. The van der Waals surface area contributed by atoms with Crippen LogP contribution in [0.5, 0.6) is 0 Å². The minimum Gasteiger partial charge on any atom is -0.365 e. The third-order valence-corrected chi connectivity index (χ3v) is 7.56. The summed E-state index contributed by atoms with van der Waals surface area (Å²) in [5.41, 5.74) is 3.50. The topological polar surface area (TPSA) is 92.9 Å². The van der Waals surface area contributed by atoms with Crippen molar-refractivity contribution in [2.24, 2.45) is 0 Å². The molecule has 0 aliphatic carbocycles. The molecule has 0 bridgehead atoms. The van der Waals surface area contributed by atoms with E-state index in [1.165, 1.54) is 22.3 Å². The van der Waals surface area contributed by atoms with Crippen LogP contribution in [0.25, 0.3) is 10.9 Å². The minimum absolute atomic E-state index is 0.0262. The fourth-order valence-electron chi connectivity index (χ4n) is 4.59. The van der Waals surface area contributed by atoms with Crippen LogP contribution in [0.2, 0.25) is 0 Å². The Kier molecular flexibility index (Phi) is 6.80. The van der Waals surface area contributed by atoms with Crippen LogP contribution in [-0.4, -0.2) is 58.3 Å². The molecule has 0 spiro atoms. The van der Waals surface area contributed by atoms with E-state index in [2.05, 4.69) is 66.6 Å². The lowest BCUT2D eigenvalue weighted by Crippen LogP contribution is -2.46. The van der Waals surface area contributed by atoms with Crippen molar-refractivity contribution >= 4 is 39.0 Å². The van der Waals surface area contributed by atoms with Gasteiger partial charge in [-0.15, -0.1) is 0 Å². The summed E-state index contributed by atoms with van der Waals surface area (Å²) in [5.74, 6) is -0.0262. The summed E-state index contributed by atoms with van der Waals surface area (Å²) >= 11 is 1.48. The number of thiazole rings is 1. The highest BCUT2D eigenvalue weighted by Gasteiger charge is 2.23. The Morgan fingerprint density at radius 1 is 1.15 bits per heavy atom. The predicted octanol–water partition coefficient (Wildman–Crippen LogP) is 4.21. The summed E-state index contributed by atoms with van der Waals surface area (Å²) in [6.07, 6.45) is 11.5. The molecule has 1 unspecified atom stereocenters. The highest BCUT2D eigenvalue weighted by atomic mass is 32.1. The molecule has 1 saturated heterocycles. The van der Waals surface area contributed by atoms with Crippen LogP contribution < -0.4 is 15.1 Å². The molecule has 1 atom stereocenters. The first-order valence-corrected chi connectivity index (χ1v) is 12.8. The number of para-hydroxylation sites is 1. The van der Waals surface area contributed by atoms with Crippen molar-refractivity contribution in [3.05, 3.63) is 59.5 Å². The lowest BCUT2D eigenvalue weighted by atomic mass is 10.0. The molecule has 34 heavy (non-hydrogen) atoms. The summed E-state index contributed by atoms with van der Waals surface area (Å²) in [7, 11) is 0. The zero-order valence-electron chi connectivity index (χ0n) is 19.5. The van der Waals surface area contributed by atoms with Gasteiger partial charge in [0.1, 0.15) is 4.88 Å². The maximum atomic E-state index is 13.1. The molecule has 5 rings (SSSR count). The summed E-state index contributed by atoms with van der Waals surface area (Å²) in [5, 5.41) is 12.4. The number of carbonyl (C=O) groups is 1. The second-order valence-electron chi connectivity index (χ2n) is 8.81. The average molecular weight is 478 g/mol. The first kappa shape index (κ1) is 22.5. The van der Waals surface area contributed by atoms with Gasteiger partial charge >= 0.3 is 0 Å². The van der Waals surface area contributed by atoms with Crippen LogP contribution in [0, 0.1) is 0 Å². The zero-order valence-corrected chi connectivity index (χ0v) is 20.3. The van der Waals surface area contributed by atoms with Crippen molar-refractivity contribution < 1.29 is 4.79 Å². The number of hydrogen-bond donors (Lipinski definition) is 3. The Hall–Kier alpha value is -3.33. The van der Waals surface area contributed by atoms with E-state index in [4.69, 9.17) is 0 Å². The van der Waals surface area contributed by atoms with Gasteiger partial charge in [0, 0.05) is 55.5 Å². The van der Waals surface area contributed by atoms with Gasteiger partial charge in [0.15, 0.2) is 5.13 Å². The Bertz CT molecular complexity index is 1210. The number of aromatic nitrogens is 4. The van der Waals surface area contributed by atoms with Crippen LogP contribution in [-0.2, 0) is 6.42 Å². The van der Waals surface area contributed by atoms with Crippen molar-refractivity contribution in [2.75, 3.05) is 36.0 Å². The molecule has 4 heterocycles. The van der Waals surface area contributed by atoms with E-state index in [0.717, 1.165) is 68.2 Å². The first-order chi connectivity index (χ1) is 16.7. The molecule has 0 saturated carbocycles. The molecule has 1 amide bonds. The maximum absolute atomic E-state index is 13.1. The molecule has 8 nitrogen and oxygen atoms in total. The second-order valence-corrected chi connectivity index (χ2v) is 9.82.